The van der Waals surface area contributed by atoms with Crippen LogP contribution in [0.3, 0.4) is 0 Å². The highest BCUT2D eigenvalue weighted by Gasteiger charge is 2.26. The molecule has 160 valence electrons. The highest BCUT2D eigenvalue weighted by atomic mass is 16.5. The third kappa shape index (κ3) is 5.79. The van der Waals surface area contributed by atoms with Crippen molar-refractivity contribution in [2.75, 3.05) is 0 Å². The van der Waals surface area contributed by atoms with Gasteiger partial charge in [0.25, 0.3) is 0 Å². The van der Waals surface area contributed by atoms with E-state index >= 15 is 0 Å². The third-order valence-electron chi connectivity index (χ3n) is 5.19. The molecule has 1 amide bonds. The molecular formula is C26H28N2O3. The van der Waals surface area contributed by atoms with Crippen molar-refractivity contribution in [3.63, 3.8) is 0 Å². The van der Waals surface area contributed by atoms with Crippen LogP contribution in [-0.4, -0.2) is 17.0 Å². The van der Waals surface area contributed by atoms with E-state index < -0.39 is 0 Å². The van der Waals surface area contributed by atoms with Gasteiger partial charge in [-0.15, -0.1) is 4.91 Å². The largest absolute Gasteiger partial charge is 0.489 e. The van der Waals surface area contributed by atoms with Gasteiger partial charge < -0.3 is 4.74 Å². The molecule has 3 aromatic carbocycles. The summed E-state index contributed by atoms with van der Waals surface area (Å²) in [6.45, 7) is 6.00. The first-order valence-corrected chi connectivity index (χ1v) is 10.5. The summed E-state index contributed by atoms with van der Waals surface area (Å²) in [5, 5.41) is 3.96. The van der Waals surface area contributed by atoms with Crippen LogP contribution in [-0.2, 0) is 11.4 Å². The van der Waals surface area contributed by atoms with E-state index in [-0.39, 0.29) is 24.3 Å². The van der Waals surface area contributed by atoms with Crippen LogP contribution in [0.5, 0.6) is 5.75 Å². The molecule has 0 aliphatic heterocycles. The SMILES string of the molecule is Cc1ccc(OCc2ccccc2)c([C@H](CC(=O)N(N=O)C(C)C)c2ccccc2)c1. The lowest BCUT2D eigenvalue weighted by atomic mass is 9.86. The van der Waals surface area contributed by atoms with Gasteiger partial charge in [-0.3, -0.25) is 4.79 Å². The number of carbonyl (C=O) groups is 1. The molecule has 0 heterocycles. The summed E-state index contributed by atoms with van der Waals surface area (Å²) in [5.41, 5.74) is 4.05. The van der Waals surface area contributed by atoms with Crippen molar-refractivity contribution in [2.24, 2.45) is 5.29 Å². The Bertz CT molecular complexity index is 1000. The fourth-order valence-electron chi connectivity index (χ4n) is 3.60. The van der Waals surface area contributed by atoms with Gasteiger partial charge in [-0.05, 0) is 38.0 Å². The molecular weight excluding hydrogens is 388 g/mol. The third-order valence-corrected chi connectivity index (χ3v) is 5.19. The summed E-state index contributed by atoms with van der Waals surface area (Å²) >= 11 is 0. The first kappa shape index (κ1) is 22.2. The maximum atomic E-state index is 12.9. The zero-order valence-corrected chi connectivity index (χ0v) is 18.2. The second-order valence-electron chi connectivity index (χ2n) is 7.90. The lowest BCUT2D eigenvalue weighted by molar-refractivity contribution is -0.133. The number of nitrogens with zero attached hydrogens (tertiary/aromatic N) is 2. The lowest BCUT2D eigenvalue weighted by Crippen LogP contribution is -2.32. The van der Waals surface area contributed by atoms with Crippen LogP contribution in [0.25, 0.3) is 0 Å². The predicted octanol–water partition coefficient (Wildman–Crippen LogP) is 6.01. The highest BCUT2D eigenvalue weighted by Crippen LogP contribution is 2.36. The van der Waals surface area contributed by atoms with Gasteiger partial charge in [0.2, 0.25) is 5.91 Å². The van der Waals surface area contributed by atoms with Crippen molar-refractivity contribution in [1.82, 2.24) is 5.01 Å². The minimum absolute atomic E-state index is 0.124. The molecule has 0 aliphatic rings. The summed E-state index contributed by atoms with van der Waals surface area (Å²) < 4.78 is 6.19. The van der Waals surface area contributed by atoms with Crippen molar-refractivity contribution in [1.29, 1.82) is 0 Å². The van der Waals surface area contributed by atoms with Crippen LogP contribution >= 0.6 is 0 Å². The number of aryl methyl sites for hydroxylation is 1. The van der Waals surface area contributed by atoms with Crippen LogP contribution in [0.4, 0.5) is 0 Å². The van der Waals surface area contributed by atoms with E-state index in [1.54, 1.807) is 13.8 Å². The zero-order chi connectivity index (χ0) is 22.2. The summed E-state index contributed by atoms with van der Waals surface area (Å²) in [6, 6.07) is 25.5. The normalized spacial score (nSPS) is 11.7. The molecule has 5 heteroatoms. The number of rotatable bonds is 9. The van der Waals surface area contributed by atoms with Gasteiger partial charge in [-0.2, -0.15) is 5.01 Å². The highest BCUT2D eigenvalue weighted by molar-refractivity contribution is 5.78. The molecule has 0 bridgehead atoms. The van der Waals surface area contributed by atoms with Crippen LogP contribution in [0.2, 0.25) is 0 Å². The Hall–Kier alpha value is -3.47. The fraction of sp³-hybridized carbons (Fsp3) is 0.269. The number of carbonyl (C=O) groups excluding carboxylic acids is 1. The standard InChI is InChI=1S/C26H28N2O3/c1-19(2)28(27-30)26(29)17-23(22-12-8-5-9-13-22)24-16-20(3)14-15-25(24)31-18-21-10-6-4-7-11-21/h4-16,19,23H,17-18H2,1-3H3/t23-/m1/s1. The van der Waals surface area contributed by atoms with Crippen molar-refractivity contribution in [2.45, 2.75) is 45.8 Å². The molecule has 0 radical (unpaired) electrons. The van der Waals surface area contributed by atoms with Gasteiger partial charge in [0, 0.05) is 17.9 Å². The number of ether oxygens (including phenoxy) is 1. The molecule has 0 aliphatic carbocycles. The first-order chi connectivity index (χ1) is 15.0. The molecule has 0 saturated carbocycles. The second-order valence-corrected chi connectivity index (χ2v) is 7.90. The molecule has 0 saturated heterocycles. The lowest BCUT2D eigenvalue weighted by Gasteiger charge is -2.24. The Morgan fingerprint density at radius 2 is 1.61 bits per heavy atom. The second kappa shape index (κ2) is 10.5. The Kier molecular flexibility index (Phi) is 7.55. The minimum Gasteiger partial charge on any atom is -0.489 e. The molecule has 3 aromatic rings. The quantitative estimate of drug-likeness (QED) is 0.317. The smallest absolute Gasteiger partial charge is 0.246 e. The minimum atomic E-state index is -0.311. The van der Waals surface area contributed by atoms with Gasteiger partial charge in [0.15, 0.2) is 0 Å². The molecule has 0 spiro atoms. The average molecular weight is 417 g/mol. The van der Waals surface area contributed by atoms with Crippen LogP contribution in [0.1, 0.15) is 48.4 Å². The molecule has 3 rings (SSSR count). The van der Waals surface area contributed by atoms with Gasteiger partial charge in [0.1, 0.15) is 12.4 Å². The summed E-state index contributed by atoms with van der Waals surface area (Å²) in [4.78, 5) is 24.2. The molecule has 1 atom stereocenters. The van der Waals surface area contributed by atoms with Crippen molar-refractivity contribution < 1.29 is 9.53 Å². The Morgan fingerprint density at radius 3 is 2.23 bits per heavy atom. The van der Waals surface area contributed by atoms with E-state index in [0.29, 0.717) is 6.61 Å². The molecule has 31 heavy (non-hydrogen) atoms. The van der Waals surface area contributed by atoms with E-state index in [4.69, 9.17) is 4.74 Å². The van der Waals surface area contributed by atoms with Crippen LogP contribution in [0, 0.1) is 11.8 Å². The molecule has 0 aromatic heterocycles. The van der Waals surface area contributed by atoms with Gasteiger partial charge in [0.05, 0.1) is 11.3 Å². The summed E-state index contributed by atoms with van der Waals surface area (Å²) in [6.07, 6.45) is 0.124. The van der Waals surface area contributed by atoms with Gasteiger partial charge >= 0.3 is 0 Å². The van der Waals surface area contributed by atoms with E-state index in [1.807, 2.05) is 79.7 Å². The van der Waals surface area contributed by atoms with Gasteiger partial charge in [-0.25, -0.2) is 0 Å². The number of hydrogen-bond donors (Lipinski definition) is 0. The topological polar surface area (TPSA) is 59.0 Å². The molecule has 5 nitrogen and oxygen atoms in total. The molecule has 0 unspecified atom stereocenters. The Balaban J connectivity index is 1.97. The summed E-state index contributed by atoms with van der Waals surface area (Å²) in [7, 11) is 0. The number of hydrogen-bond acceptors (Lipinski definition) is 4. The van der Waals surface area contributed by atoms with Crippen LogP contribution < -0.4 is 4.74 Å². The monoisotopic (exact) mass is 416 g/mol. The van der Waals surface area contributed by atoms with Crippen molar-refractivity contribution >= 4 is 5.91 Å². The molecule has 0 fully saturated rings. The van der Waals surface area contributed by atoms with E-state index in [9.17, 15) is 9.70 Å². The van der Waals surface area contributed by atoms with Crippen LogP contribution in [0.15, 0.2) is 84.1 Å². The number of benzene rings is 3. The van der Waals surface area contributed by atoms with E-state index in [2.05, 4.69) is 11.4 Å². The Labute approximate surface area is 183 Å². The first-order valence-electron chi connectivity index (χ1n) is 10.5. The Morgan fingerprint density at radius 1 is 0.968 bits per heavy atom. The number of amides is 1. The summed E-state index contributed by atoms with van der Waals surface area (Å²) in [5.74, 6) is 0.156. The van der Waals surface area contributed by atoms with Crippen molar-refractivity contribution in [3.8, 4) is 5.75 Å². The average Bonchev–Trinajstić information content (AvgIpc) is 2.78. The molecule has 0 N–H and O–H groups in total. The predicted molar refractivity (Wildman–Crippen MR) is 123 cm³/mol. The maximum absolute atomic E-state index is 12.9. The van der Waals surface area contributed by atoms with E-state index in [1.165, 1.54) is 0 Å². The fourth-order valence-corrected chi connectivity index (χ4v) is 3.60. The van der Waals surface area contributed by atoms with Crippen molar-refractivity contribution in [3.05, 3.63) is 106 Å². The van der Waals surface area contributed by atoms with E-state index in [0.717, 1.165) is 33.0 Å². The van der Waals surface area contributed by atoms with Gasteiger partial charge in [-0.1, -0.05) is 78.4 Å². The number of nitroso groups, excluding NO2 is 1. The maximum Gasteiger partial charge on any atom is 0.246 e. The zero-order valence-electron chi connectivity index (χ0n) is 18.2.